The molecule has 3 rings (SSSR count). The number of hydrogen-bond donors (Lipinski definition) is 2. The van der Waals surface area contributed by atoms with Gasteiger partial charge in [-0.2, -0.15) is 0 Å². The highest BCUT2D eigenvalue weighted by Crippen LogP contribution is 2.28. The van der Waals surface area contributed by atoms with Crippen LogP contribution in [0.15, 0.2) is 30.5 Å². The Morgan fingerprint density at radius 3 is 2.46 bits per heavy atom. The van der Waals surface area contributed by atoms with Crippen molar-refractivity contribution >= 4 is 40.8 Å². The summed E-state index contributed by atoms with van der Waals surface area (Å²) in [5.41, 5.74) is 7.29. The van der Waals surface area contributed by atoms with Crippen molar-refractivity contribution < 1.29 is 9.59 Å². The van der Waals surface area contributed by atoms with Crippen LogP contribution in [0, 0.1) is 0 Å². The summed E-state index contributed by atoms with van der Waals surface area (Å²) >= 11 is 0. The zero-order chi connectivity index (χ0) is 19.4. The fourth-order valence-corrected chi connectivity index (χ4v) is 3.90. The Kier molecular flexibility index (Phi) is 7.49. The first-order chi connectivity index (χ1) is 13.0. The summed E-state index contributed by atoms with van der Waals surface area (Å²) in [7, 11) is 0. The van der Waals surface area contributed by atoms with E-state index in [-0.39, 0.29) is 24.2 Å². The Bertz CT molecular complexity index is 823. The van der Waals surface area contributed by atoms with E-state index < -0.39 is 5.54 Å². The van der Waals surface area contributed by atoms with Crippen molar-refractivity contribution in [3.8, 4) is 0 Å². The molecular weight excluding hydrogens is 376 g/mol. The van der Waals surface area contributed by atoms with Gasteiger partial charge >= 0.3 is 0 Å². The molecular formula is C21H31ClN4O2. The van der Waals surface area contributed by atoms with Crippen molar-refractivity contribution in [2.75, 3.05) is 18.4 Å². The number of likely N-dealkylation sites (N-methyl/N-ethyl adjacent to an activating group) is 1. The molecule has 1 aliphatic carbocycles. The van der Waals surface area contributed by atoms with Gasteiger partial charge in [-0.1, -0.05) is 19.3 Å². The molecule has 1 fully saturated rings. The third-order valence-electron chi connectivity index (χ3n) is 5.65. The molecule has 1 heterocycles. The molecule has 28 heavy (non-hydrogen) atoms. The zero-order valence-electron chi connectivity index (χ0n) is 16.7. The van der Waals surface area contributed by atoms with E-state index in [9.17, 15) is 9.59 Å². The molecule has 2 aromatic rings. The van der Waals surface area contributed by atoms with Crippen LogP contribution in [0.25, 0.3) is 10.9 Å². The minimum Gasteiger partial charge on any atom is -0.342 e. The molecule has 1 aromatic carbocycles. The maximum Gasteiger partial charge on any atom is 0.244 e. The summed E-state index contributed by atoms with van der Waals surface area (Å²) in [6.45, 7) is 5.72. The smallest absolute Gasteiger partial charge is 0.244 e. The Hall–Kier alpha value is -2.05. The highest BCUT2D eigenvalue weighted by molar-refractivity contribution is 5.99. The van der Waals surface area contributed by atoms with Gasteiger partial charge in [0.2, 0.25) is 11.8 Å². The molecule has 0 aliphatic heterocycles. The number of rotatable bonds is 6. The van der Waals surface area contributed by atoms with E-state index in [4.69, 9.17) is 5.73 Å². The normalized spacial score (nSPS) is 15.7. The van der Waals surface area contributed by atoms with Crippen LogP contribution in [0.1, 0.15) is 46.0 Å². The van der Waals surface area contributed by atoms with Gasteiger partial charge in [-0.25, -0.2) is 0 Å². The van der Waals surface area contributed by atoms with Crippen molar-refractivity contribution in [2.45, 2.75) is 58.0 Å². The van der Waals surface area contributed by atoms with Gasteiger partial charge in [-0.05, 0) is 51.0 Å². The van der Waals surface area contributed by atoms with E-state index >= 15 is 0 Å². The van der Waals surface area contributed by atoms with Gasteiger partial charge < -0.3 is 20.5 Å². The van der Waals surface area contributed by atoms with Gasteiger partial charge in [0.25, 0.3) is 0 Å². The Balaban J connectivity index is 0.00000280. The highest BCUT2D eigenvalue weighted by atomic mass is 35.5. The molecule has 3 N–H and O–H groups in total. The Morgan fingerprint density at radius 1 is 1.14 bits per heavy atom. The predicted octanol–water partition coefficient (Wildman–Crippen LogP) is 3.53. The number of nitrogens with one attached hydrogen (secondary N) is 1. The average molecular weight is 407 g/mol. The summed E-state index contributed by atoms with van der Waals surface area (Å²) in [5.74, 6) is 0.00921. The molecule has 0 spiro atoms. The highest BCUT2D eigenvalue weighted by Gasteiger charge is 2.35. The van der Waals surface area contributed by atoms with Gasteiger partial charge in [0.1, 0.15) is 6.54 Å². The van der Waals surface area contributed by atoms with Gasteiger partial charge in [0, 0.05) is 35.9 Å². The number of benzene rings is 1. The molecule has 7 heteroatoms. The lowest BCUT2D eigenvalue weighted by atomic mass is 9.82. The van der Waals surface area contributed by atoms with Crippen LogP contribution in [-0.2, 0) is 16.1 Å². The van der Waals surface area contributed by atoms with Gasteiger partial charge in [-0.15, -0.1) is 12.4 Å². The summed E-state index contributed by atoms with van der Waals surface area (Å²) in [4.78, 5) is 26.8. The molecule has 0 unspecified atom stereocenters. The molecule has 0 bridgehead atoms. The monoisotopic (exact) mass is 406 g/mol. The predicted molar refractivity (Wildman–Crippen MR) is 116 cm³/mol. The van der Waals surface area contributed by atoms with Crippen LogP contribution in [0.5, 0.6) is 0 Å². The molecule has 6 nitrogen and oxygen atoms in total. The van der Waals surface area contributed by atoms with E-state index in [0.717, 1.165) is 48.7 Å². The fraction of sp³-hybridized carbons (Fsp3) is 0.524. The molecule has 0 atom stereocenters. The lowest BCUT2D eigenvalue weighted by Gasteiger charge is -2.31. The first-order valence-electron chi connectivity index (χ1n) is 9.94. The quantitative estimate of drug-likeness (QED) is 0.769. The van der Waals surface area contributed by atoms with E-state index in [0.29, 0.717) is 19.6 Å². The SMILES string of the molecule is CCN(CC)C(=O)Cn1ccc2cc(NC(=O)C3(N)CCCCC3)ccc21.Cl. The lowest BCUT2D eigenvalue weighted by molar-refractivity contribution is -0.131. The number of hydrogen-bond acceptors (Lipinski definition) is 3. The number of fused-ring (bicyclic) bond motifs is 1. The topological polar surface area (TPSA) is 80.4 Å². The number of halogens is 1. The summed E-state index contributed by atoms with van der Waals surface area (Å²) in [6, 6.07) is 7.74. The largest absolute Gasteiger partial charge is 0.342 e. The Labute approximate surface area is 172 Å². The van der Waals surface area contributed by atoms with Crippen LogP contribution in [0.2, 0.25) is 0 Å². The molecule has 1 saturated carbocycles. The first kappa shape index (κ1) is 22.2. The van der Waals surface area contributed by atoms with Crippen molar-refractivity contribution in [3.05, 3.63) is 30.5 Å². The van der Waals surface area contributed by atoms with E-state index in [2.05, 4.69) is 5.32 Å². The molecule has 0 radical (unpaired) electrons. The number of amides is 2. The van der Waals surface area contributed by atoms with Crippen molar-refractivity contribution in [2.24, 2.45) is 5.73 Å². The average Bonchev–Trinajstić information content (AvgIpc) is 3.05. The van der Waals surface area contributed by atoms with Crippen LogP contribution >= 0.6 is 12.4 Å². The maximum absolute atomic E-state index is 12.6. The molecule has 1 aromatic heterocycles. The summed E-state index contributed by atoms with van der Waals surface area (Å²) in [6.07, 6.45) is 6.57. The fourth-order valence-electron chi connectivity index (χ4n) is 3.90. The van der Waals surface area contributed by atoms with Crippen molar-refractivity contribution in [1.82, 2.24) is 9.47 Å². The summed E-state index contributed by atoms with van der Waals surface area (Å²) < 4.78 is 1.95. The number of aromatic nitrogens is 1. The van der Waals surface area contributed by atoms with Gasteiger partial charge in [0.05, 0.1) is 5.54 Å². The first-order valence-corrected chi connectivity index (χ1v) is 9.94. The molecule has 154 valence electrons. The standard InChI is InChI=1S/C21H30N4O2.ClH/c1-3-24(4-2)19(26)15-25-13-10-16-14-17(8-9-18(16)25)23-20(27)21(22)11-6-5-7-12-21;/h8-10,13-14H,3-7,11-12,15,22H2,1-2H3,(H,23,27);1H. The minimum absolute atomic E-state index is 0. The second kappa shape index (κ2) is 9.43. The van der Waals surface area contributed by atoms with E-state index in [1.165, 1.54) is 0 Å². The third-order valence-corrected chi connectivity index (χ3v) is 5.65. The van der Waals surface area contributed by atoms with Gasteiger partial charge in [-0.3, -0.25) is 9.59 Å². The van der Waals surface area contributed by atoms with Gasteiger partial charge in [0.15, 0.2) is 0 Å². The zero-order valence-corrected chi connectivity index (χ0v) is 17.6. The second-order valence-electron chi connectivity index (χ2n) is 7.45. The number of carbonyl (C=O) groups excluding carboxylic acids is 2. The van der Waals surface area contributed by atoms with E-state index in [1.54, 1.807) is 0 Å². The minimum atomic E-state index is -0.755. The number of anilines is 1. The Morgan fingerprint density at radius 2 is 1.82 bits per heavy atom. The second-order valence-corrected chi connectivity index (χ2v) is 7.45. The number of nitrogens with zero attached hydrogens (tertiary/aromatic N) is 2. The van der Waals surface area contributed by atoms with Crippen LogP contribution in [0.4, 0.5) is 5.69 Å². The molecule has 1 aliphatic rings. The third kappa shape index (κ3) is 4.67. The summed E-state index contributed by atoms with van der Waals surface area (Å²) in [5, 5.41) is 3.98. The maximum atomic E-state index is 12.6. The van der Waals surface area contributed by atoms with Crippen LogP contribution in [-0.4, -0.2) is 39.9 Å². The van der Waals surface area contributed by atoms with Crippen LogP contribution in [0.3, 0.4) is 0 Å². The number of carbonyl (C=O) groups is 2. The van der Waals surface area contributed by atoms with Crippen molar-refractivity contribution in [1.29, 1.82) is 0 Å². The van der Waals surface area contributed by atoms with E-state index in [1.807, 2.05) is 53.8 Å². The number of nitrogens with two attached hydrogens (primary N) is 1. The lowest BCUT2D eigenvalue weighted by Crippen LogP contribution is -2.52. The van der Waals surface area contributed by atoms with Crippen molar-refractivity contribution in [3.63, 3.8) is 0 Å². The molecule has 0 saturated heterocycles. The van der Waals surface area contributed by atoms with Crippen LogP contribution < -0.4 is 11.1 Å². The molecule has 2 amide bonds.